The van der Waals surface area contributed by atoms with Crippen LogP contribution in [0.25, 0.3) is 0 Å². The van der Waals surface area contributed by atoms with Gasteiger partial charge in [0.1, 0.15) is 13.2 Å². The summed E-state index contributed by atoms with van der Waals surface area (Å²) in [5.74, 6) is -0.222. The van der Waals surface area contributed by atoms with Crippen LogP contribution in [0.4, 0.5) is 0 Å². The number of quaternary nitrogens is 1. The van der Waals surface area contributed by atoms with Crippen LogP contribution < -0.4 is 10.2 Å². The number of carbonyl (C=O) groups is 1. The molecule has 0 rings (SSSR count). The first kappa shape index (κ1) is 68.2. The molecule has 0 aliphatic carbocycles. The summed E-state index contributed by atoms with van der Waals surface area (Å²) in [6.07, 6.45) is 75.9. The molecule has 0 saturated heterocycles. The van der Waals surface area contributed by atoms with Gasteiger partial charge in [0.25, 0.3) is 7.82 Å². The molecule has 0 aromatic rings. The number of hydrogen-bond acceptors (Lipinski definition) is 6. The van der Waals surface area contributed by atoms with Crippen LogP contribution in [0, 0.1) is 0 Å². The van der Waals surface area contributed by atoms with Crippen LogP contribution in [-0.2, 0) is 18.4 Å². The van der Waals surface area contributed by atoms with Crippen molar-refractivity contribution in [1.82, 2.24) is 5.32 Å². The number of carbonyl (C=O) groups excluding carboxylic acids is 1. The van der Waals surface area contributed by atoms with E-state index in [0.717, 1.165) is 96.3 Å². The van der Waals surface area contributed by atoms with Crippen LogP contribution in [0.2, 0.25) is 0 Å². The van der Waals surface area contributed by atoms with E-state index in [9.17, 15) is 19.4 Å². The third-order valence-corrected chi connectivity index (χ3v) is 13.2. The first-order valence-corrected chi connectivity index (χ1v) is 30.2. The van der Waals surface area contributed by atoms with Gasteiger partial charge in [-0.25, -0.2) is 0 Å². The van der Waals surface area contributed by atoms with Crippen LogP contribution >= 0.6 is 7.82 Å². The Morgan fingerprint density at radius 1 is 0.507 bits per heavy atom. The second kappa shape index (κ2) is 52.0. The second-order valence-corrected chi connectivity index (χ2v) is 21.7. The van der Waals surface area contributed by atoms with Crippen molar-refractivity contribution in [2.45, 2.75) is 238 Å². The number of phosphoric ester groups is 1. The fourth-order valence-corrected chi connectivity index (χ4v) is 8.46. The number of nitrogens with zero attached hydrogens (tertiary/aromatic N) is 1. The number of aliphatic hydroxyl groups is 1. The third-order valence-electron chi connectivity index (χ3n) is 12.2. The number of phosphoric acid groups is 1. The van der Waals surface area contributed by atoms with Gasteiger partial charge in [0.05, 0.1) is 39.9 Å². The molecule has 0 bridgehead atoms. The lowest BCUT2D eigenvalue weighted by Gasteiger charge is -2.29. The van der Waals surface area contributed by atoms with Crippen LogP contribution in [0.5, 0.6) is 0 Å². The zero-order valence-corrected chi connectivity index (χ0v) is 47.3. The number of hydrogen-bond donors (Lipinski definition) is 2. The summed E-state index contributed by atoms with van der Waals surface area (Å²) in [6, 6.07) is -0.918. The molecule has 0 saturated carbocycles. The van der Waals surface area contributed by atoms with Gasteiger partial charge < -0.3 is 28.8 Å². The largest absolute Gasteiger partial charge is 0.756 e. The van der Waals surface area contributed by atoms with E-state index in [0.29, 0.717) is 17.4 Å². The Labute approximate surface area is 438 Å². The van der Waals surface area contributed by atoms with E-state index in [1.54, 1.807) is 6.08 Å². The Morgan fingerprint density at radius 2 is 0.873 bits per heavy atom. The average molecular weight is 1010 g/mol. The molecule has 0 aromatic heterocycles. The Hall–Kier alpha value is -2.84. The van der Waals surface area contributed by atoms with Crippen molar-refractivity contribution in [1.29, 1.82) is 0 Å². The van der Waals surface area contributed by atoms with Crippen molar-refractivity contribution in [2.24, 2.45) is 0 Å². The lowest BCUT2D eigenvalue weighted by atomic mass is 10.0. The summed E-state index contributed by atoms with van der Waals surface area (Å²) in [7, 11) is 1.22. The number of amides is 1. The van der Waals surface area contributed by atoms with Gasteiger partial charge in [0.15, 0.2) is 0 Å². The van der Waals surface area contributed by atoms with Crippen molar-refractivity contribution >= 4 is 13.7 Å². The monoisotopic (exact) mass is 1010 g/mol. The molecular weight excluding hydrogens is 900 g/mol. The van der Waals surface area contributed by atoms with E-state index in [1.807, 2.05) is 27.2 Å². The van der Waals surface area contributed by atoms with Crippen LogP contribution in [-0.4, -0.2) is 68.5 Å². The topological polar surface area (TPSA) is 108 Å². The summed E-state index contributed by atoms with van der Waals surface area (Å²) in [4.78, 5) is 25.5. The molecule has 0 aromatic carbocycles. The number of nitrogens with one attached hydrogen (secondary N) is 1. The van der Waals surface area contributed by atoms with E-state index in [4.69, 9.17) is 9.05 Å². The van der Waals surface area contributed by atoms with Crippen molar-refractivity contribution in [3.05, 3.63) is 109 Å². The summed E-state index contributed by atoms with van der Waals surface area (Å²) in [5, 5.41) is 13.9. The first-order valence-electron chi connectivity index (χ1n) is 28.7. The molecule has 0 aliphatic heterocycles. The van der Waals surface area contributed by atoms with Crippen molar-refractivity contribution < 1.29 is 32.9 Å². The summed E-state index contributed by atoms with van der Waals surface area (Å²) >= 11 is 0. The average Bonchev–Trinajstić information content (AvgIpc) is 3.33. The molecule has 0 radical (unpaired) electrons. The standard InChI is InChI=1S/C62H109N2O6P/c1-6-8-10-12-14-16-18-20-22-24-26-28-29-30-31-32-33-34-35-36-38-40-42-44-46-48-50-52-54-56-62(66)63-60(59-70-71(67,68)69-58-57-64(3,4)5)61(65)55-53-51-49-47-45-43-41-39-37-27-25-23-21-19-17-15-13-11-9-7-2/h8,10,14,16,20,22,26,28,30-31,33-34,36,38,45,47,53,55,60-61,65H,6-7,9,11-13,15,17-19,21,23-25,27,29,32,35,37,39-44,46,48-52,54,56-59H2,1-5H3,(H-,63,66,67,68)/b10-8-,16-14-,22-20-,28-26-,31-30-,34-33-,38-36-,47-45+,55-53+. The molecule has 408 valence electrons. The van der Waals surface area contributed by atoms with Crippen molar-refractivity contribution in [3.63, 3.8) is 0 Å². The van der Waals surface area contributed by atoms with Gasteiger partial charge in [-0.15, -0.1) is 0 Å². The number of aliphatic hydroxyl groups excluding tert-OH is 1. The first-order chi connectivity index (χ1) is 34.5. The number of likely N-dealkylation sites (N-methyl/N-ethyl adjacent to an activating group) is 1. The molecule has 9 heteroatoms. The fourth-order valence-electron chi connectivity index (χ4n) is 7.74. The molecule has 0 spiro atoms. The van der Waals surface area contributed by atoms with Gasteiger partial charge in [-0.1, -0.05) is 239 Å². The highest BCUT2D eigenvalue weighted by Crippen LogP contribution is 2.38. The Kier molecular flexibility index (Phi) is 50.0. The number of unbranched alkanes of at least 4 members (excludes halogenated alkanes) is 22. The minimum atomic E-state index is -4.62. The zero-order valence-electron chi connectivity index (χ0n) is 46.4. The maximum atomic E-state index is 13.0. The Morgan fingerprint density at radius 3 is 1.31 bits per heavy atom. The van der Waals surface area contributed by atoms with Gasteiger partial charge in [-0.05, 0) is 89.9 Å². The normalized spacial score (nSPS) is 14.7. The molecule has 0 fully saturated rings. The van der Waals surface area contributed by atoms with Crippen LogP contribution in [0.3, 0.4) is 0 Å². The smallest absolute Gasteiger partial charge is 0.268 e. The zero-order chi connectivity index (χ0) is 52.0. The SMILES string of the molecule is CC/C=C\C/C=C\C/C=C\C/C=C\C/C=C\C/C=C\C/C=C\CCCCCCCCCC(=O)NC(COP(=O)([O-])OCC[N+](C)(C)C)C(O)/C=C/CC/C=C/CCCCCCCCCCCCCCCC. The molecule has 3 unspecified atom stereocenters. The molecule has 8 nitrogen and oxygen atoms in total. The maximum Gasteiger partial charge on any atom is 0.268 e. The van der Waals surface area contributed by atoms with Gasteiger partial charge in [-0.3, -0.25) is 9.36 Å². The molecule has 2 N–H and O–H groups in total. The number of rotatable bonds is 51. The van der Waals surface area contributed by atoms with E-state index >= 15 is 0 Å². The summed E-state index contributed by atoms with van der Waals surface area (Å²) < 4.78 is 23.3. The highest BCUT2D eigenvalue weighted by atomic mass is 31.2. The molecule has 71 heavy (non-hydrogen) atoms. The molecule has 0 aliphatic rings. The van der Waals surface area contributed by atoms with Crippen molar-refractivity contribution in [3.8, 4) is 0 Å². The van der Waals surface area contributed by atoms with E-state index in [-0.39, 0.29) is 12.5 Å². The van der Waals surface area contributed by atoms with Crippen LogP contribution in [0.1, 0.15) is 226 Å². The summed E-state index contributed by atoms with van der Waals surface area (Å²) in [5.41, 5.74) is 0. The Balaban J connectivity index is 4.32. The fraction of sp³-hybridized carbons (Fsp3) is 0.694. The van der Waals surface area contributed by atoms with E-state index < -0.39 is 26.6 Å². The second-order valence-electron chi connectivity index (χ2n) is 20.3. The van der Waals surface area contributed by atoms with Crippen molar-refractivity contribution in [2.75, 3.05) is 40.9 Å². The molecular formula is C62H109N2O6P. The maximum absolute atomic E-state index is 13.0. The predicted octanol–water partition coefficient (Wildman–Crippen LogP) is 17.0. The van der Waals surface area contributed by atoms with E-state index in [1.165, 1.54) is 109 Å². The van der Waals surface area contributed by atoms with Gasteiger partial charge in [-0.2, -0.15) is 0 Å². The highest BCUT2D eigenvalue weighted by Gasteiger charge is 2.23. The van der Waals surface area contributed by atoms with Gasteiger partial charge >= 0.3 is 0 Å². The molecule has 0 heterocycles. The quantitative estimate of drug-likeness (QED) is 0.0272. The van der Waals surface area contributed by atoms with E-state index in [2.05, 4.69) is 116 Å². The minimum Gasteiger partial charge on any atom is -0.756 e. The summed E-state index contributed by atoms with van der Waals surface area (Å²) in [6.45, 7) is 4.50. The Bertz CT molecular complexity index is 1520. The lowest BCUT2D eigenvalue weighted by molar-refractivity contribution is -0.870. The van der Waals surface area contributed by atoms with Crippen LogP contribution in [0.15, 0.2) is 109 Å². The third kappa shape index (κ3) is 54.8. The number of allylic oxidation sites excluding steroid dienone is 17. The highest BCUT2D eigenvalue weighted by molar-refractivity contribution is 7.45. The predicted molar refractivity (Wildman–Crippen MR) is 306 cm³/mol. The lowest BCUT2D eigenvalue weighted by Crippen LogP contribution is -2.45. The van der Waals surface area contributed by atoms with Gasteiger partial charge in [0.2, 0.25) is 5.91 Å². The molecule has 1 amide bonds. The minimum absolute atomic E-state index is 0.0144. The van der Waals surface area contributed by atoms with Gasteiger partial charge in [0, 0.05) is 6.42 Å². The molecule has 3 atom stereocenters.